The monoisotopic (exact) mass is 325 g/mol. The third-order valence-corrected chi connectivity index (χ3v) is 3.97. The van der Waals surface area contributed by atoms with Crippen LogP contribution in [-0.4, -0.2) is 4.98 Å². The number of hydrogen-bond acceptors (Lipinski definition) is 2. The van der Waals surface area contributed by atoms with Crippen LogP contribution in [-0.2, 0) is 0 Å². The lowest BCUT2D eigenvalue weighted by atomic mass is 10.2. The first-order chi connectivity index (χ1) is 10.9. The van der Waals surface area contributed by atoms with Gasteiger partial charge in [0.15, 0.2) is 0 Å². The molecule has 0 aliphatic carbocycles. The van der Waals surface area contributed by atoms with Crippen LogP contribution in [0.5, 0.6) is 0 Å². The van der Waals surface area contributed by atoms with E-state index in [1.54, 1.807) is 11.3 Å². The zero-order chi connectivity index (χ0) is 17.2. The molecule has 0 amide bonds. The van der Waals surface area contributed by atoms with Crippen molar-refractivity contribution in [2.45, 2.75) is 41.5 Å². The van der Waals surface area contributed by atoms with Crippen LogP contribution in [0.4, 0.5) is 0 Å². The first-order valence-corrected chi connectivity index (χ1v) is 8.70. The molecule has 0 saturated heterocycles. The highest BCUT2D eigenvalue weighted by atomic mass is 32.1. The Morgan fingerprint density at radius 2 is 1.04 bits per heavy atom. The normalized spacial score (nSPS) is 9.30. The fourth-order valence-electron chi connectivity index (χ4n) is 2.09. The molecule has 0 aliphatic heterocycles. The summed E-state index contributed by atoms with van der Waals surface area (Å²) in [4.78, 5) is 4.13. The minimum absolute atomic E-state index is 1.13. The van der Waals surface area contributed by atoms with Crippen LogP contribution in [0, 0.1) is 41.5 Å². The van der Waals surface area contributed by atoms with Crippen molar-refractivity contribution in [3.63, 3.8) is 0 Å². The van der Waals surface area contributed by atoms with Gasteiger partial charge in [0.05, 0.1) is 5.01 Å². The lowest BCUT2D eigenvalue weighted by Gasteiger charge is -1.90. The first-order valence-electron chi connectivity index (χ1n) is 7.82. The summed E-state index contributed by atoms with van der Waals surface area (Å²) in [5.74, 6) is 0. The summed E-state index contributed by atoms with van der Waals surface area (Å²) in [5, 5.41) is 3.20. The second-order valence-electron chi connectivity index (χ2n) is 5.82. The Morgan fingerprint density at radius 3 is 1.17 bits per heavy atom. The highest BCUT2D eigenvalue weighted by Crippen LogP contribution is 2.05. The predicted molar refractivity (Wildman–Crippen MR) is 103 cm³/mol. The third-order valence-electron chi connectivity index (χ3n) is 3.08. The number of rotatable bonds is 0. The molecule has 0 aliphatic rings. The Kier molecular flexibility index (Phi) is 8.28. The van der Waals surface area contributed by atoms with Gasteiger partial charge in [0.25, 0.3) is 0 Å². The Hall–Kier alpha value is -1.93. The van der Waals surface area contributed by atoms with E-state index in [0.717, 1.165) is 10.7 Å². The molecule has 3 rings (SSSR count). The smallest absolute Gasteiger partial charge is 0.0897 e. The second-order valence-corrected chi connectivity index (χ2v) is 6.89. The molecule has 1 heterocycles. The molecule has 0 N–H and O–H groups in total. The molecule has 2 aromatic carbocycles. The van der Waals surface area contributed by atoms with Crippen LogP contribution in [0.1, 0.15) is 33.0 Å². The van der Waals surface area contributed by atoms with Gasteiger partial charge in [0.1, 0.15) is 0 Å². The van der Waals surface area contributed by atoms with E-state index in [1.165, 1.54) is 22.3 Å². The second kappa shape index (κ2) is 9.96. The lowest BCUT2D eigenvalue weighted by Crippen LogP contribution is -1.71. The molecule has 1 aromatic heterocycles. The van der Waals surface area contributed by atoms with Gasteiger partial charge in [-0.15, -0.1) is 11.3 Å². The zero-order valence-corrected chi connectivity index (χ0v) is 15.9. The van der Waals surface area contributed by atoms with Crippen molar-refractivity contribution in [3.8, 4) is 0 Å². The molecule has 122 valence electrons. The van der Waals surface area contributed by atoms with Crippen molar-refractivity contribution in [1.29, 1.82) is 0 Å². The van der Waals surface area contributed by atoms with Gasteiger partial charge >= 0.3 is 0 Å². The molecule has 0 atom stereocenters. The first kappa shape index (κ1) is 19.1. The maximum Gasteiger partial charge on any atom is 0.0897 e. The number of nitrogens with zero attached hydrogens (tertiary/aromatic N) is 1. The maximum atomic E-state index is 4.13. The topological polar surface area (TPSA) is 12.9 Å². The van der Waals surface area contributed by atoms with Crippen molar-refractivity contribution in [3.05, 3.63) is 86.9 Å². The fraction of sp³-hybridized carbons (Fsp3) is 0.286. The number of aromatic nitrogens is 1. The molecular weight excluding hydrogens is 298 g/mol. The van der Waals surface area contributed by atoms with Crippen LogP contribution in [0.2, 0.25) is 0 Å². The molecule has 1 nitrogen and oxygen atoms in total. The van der Waals surface area contributed by atoms with Crippen LogP contribution in [0.25, 0.3) is 0 Å². The summed E-state index contributed by atoms with van der Waals surface area (Å²) < 4.78 is 0. The van der Waals surface area contributed by atoms with Crippen molar-refractivity contribution in [2.75, 3.05) is 0 Å². The van der Waals surface area contributed by atoms with E-state index < -0.39 is 0 Å². The quantitative estimate of drug-likeness (QED) is 0.468. The number of thiazole rings is 1. The Labute approximate surface area is 145 Å². The Bertz CT molecular complexity index is 619. The van der Waals surface area contributed by atoms with Crippen LogP contribution in [0.3, 0.4) is 0 Å². The standard InChI is InChI=1S/2C8H10.C5H7NS/c2*1-7-4-3-5-8(2)6-7;1-4-3-7-5(2)6-4/h2*3-6H,1-2H3;3H,1-2H3. The van der Waals surface area contributed by atoms with Gasteiger partial charge in [0, 0.05) is 11.1 Å². The number of hydrogen-bond donors (Lipinski definition) is 0. The van der Waals surface area contributed by atoms with E-state index >= 15 is 0 Å². The average molecular weight is 326 g/mol. The van der Waals surface area contributed by atoms with E-state index in [-0.39, 0.29) is 0 Å². The van der Waals surface area contributed by atoms with E-state index in [0.29, 0.717) is 0 Å². The van der Waals surface area contributed by atoms with Gasteiger partial charge in [-0.1, -0.05) is 70.8 Å². The van der Waals surface area contributed by atoms with Crippen molar-refractivity contribution < 1.29 is 0 Å². The molecule has 0 radical (unpaired) electrons. The van der Waals surface area contributed by atoms with Gasteiger partial charge in [0.2, 0.25) is 0 Å². The van der Waals surface area contributed by atoms with Crippen molar-refractivity contribution in [2.24, 2.45) is 0 Å². The van der Waals surface area contributed by atoms with Crippen LogP contribution >= 0.6 is 11.3 Å². The summed E-state index contributed by atoms with van der Waals surface area (Å²) in [6.07, 6.45) is 0. The zero-order valence-electron chi connectivity index (χ0n) is 15.1. The van der Waals surface area contributed by atoms with E-state index in [2.05, 4.69) is 86.6 Å². The van der Waals surface area contributed by atoms with Gasteiger partial charge < -0.3 is 0 Å². The maximum absolute atomic E-state index is 4.13. The summed E-state index contributed by atoms with van der Waals surface area (Å²) >= 11 is 1.69. The van der Waals surface area contributed by atoms with Gasteiger partial charge in [-0.3, -0.25) is 0 Å². The minimum atomic E-state index is 1.13. The third kappa shape index (κ3) is 8.94. The van der Waals surface area contributed by atoms with E-state index in [1.807, 2.05) is 13.8 Å². The molecule has 3 aromatic rings. The molecule has 0 fully saturated rings. The van der Waals surface area contributed by atoms with Gasteiger partial charge in [-0.25, -0.2) is 4.98 Å². The van der Waals surface area contributed by atoms with E-state index in [4.69, 9.17) is 0 Å². The van der Waals surface area contributed by atoms with Crippen LogP contribution < -0.4 is 0 Å². The molecule has 0 saturated carbocycles. The highest BCUT2D eigenvalue weighted by Gasteiger charge is 1.86. The fourth-order valence-corrected chi connectivity index (χ4v) is 2.68. The number of aryl methyl sites for hydroxylation is 6. The lowest BCUT2D eigenvalue weighted by molar-refractivity contribution is 1.20. The largest absolute Gasteiger partial charge is 0.247 e. The van der Waals surface area contributed by atoms with E-state index in [9.17, 15) is 0 Å². The summed E-state index contributed by atoms with van der Waals surface area (Å²) in [6, 6.07) is 16.9. The summed E-state index contributed by atoms with van der Waals surface area (Å²) in [6.45, 7) is 12.4. The summed E-state index contributed by atoms with van der Waals surface area (Å²) in [5.41, 5.74) is 6.48. The van der Waals surface area contributed by atoms with Crippen molar-refractivity contribution in [1.82, 2.24) is 4.98 Å². The Balaban J connectivity index is 0.000000173. The molecule has 23 heavy (non-hydrogen) atoms. The SMILES string of the molecule is Cc1cccc(C)c1.Cc1cccc(C)c1.Cc1csc(C)n1. The Morgan fingerprint density at radius 1 is 0.652 bits per heavy atom. The average Bonchev–Trinajstić information content (AvgIpc) is 2.83. The van der Waals surface area contributed by atoms with Crippen molar-refractivity contribution >= 4 is 11.3 Å². The predicted octanol–water partition coefficient (Wildman–Crippen LogP) is 6.37. The molecule has 0 unspecified atom stereocenters. The van der Waals surface area contributed by atoms with Gasteiger partial charge in [-0.05, 0) is 41.5 Å². The number of benzene rings is 2. The van der Waals surface area contributed by atoms with Crippen LogP contribution in [0.15, 0.2) is 53.9 Å². The molecular formula is C21H27NS. The molecule has 0 bridgehead atoms. The molecule has 2 heteroatoms. The minimum Gasteiger partial charge on any atom is -0.247 e. The molecule has 0 spiro atoms. The summed E-state index contributed by atoms with van der Waals surface area (Å²) in [7, 11) is 0. The highest BCUT2D eigenvalue weighted by molar-refractivity contribution is 7.09. The van der Waals surface area contributed by atoms with Gasteiger partial charge in [-0.2, -0.15) is 0 Å².